The van der Waals surface area contributed by atoms with Crippen LogP contribution in [0, 0.1) is 22.7 Å². The molecule has 5 N–H and O–H groups in total. The number of carboxylic acid groups (broad SMARTS) is 1. The summed E-state index contributed by atoms with van der Waals surface area (Å²) in [6.45, 7) is 21.5. The summed E-state index contributed by atoms with van der Waals surface area (Å²) in [5.74, 6) is 0.0285. The van der Waals surface area contributed by atoms with Crippen molar-refractivity contribution in [3.63, 3.8) is 0 Å². The number of hydrogen-bond acceptors (Lipinski definition) is 10. The van der Waals surface area contributed by atoms with E-state index in [9.17, 15) is 14.7 Å². The summed E-state index contributed by atoms with van der Waals surface area (Å²) in [5.41, 5.74) is 15.2. The molecule has 75 heavy (non-hydrogen) atoms. The maximum atomic E-state index is 13.1. The van der Waals surface area contributed by atoms with Crippen LogP contribution in [0.4, 0.5) is 11.4 Å². The normalized spacial score (nSPS) is 18.8. The molecule has 0 bridgehead atoms. The molecule has 2 aromatic carbocycles. The molecule has 2 aliphatic heterocycles. The van der Waals surface area contributed by atoms with Crippen LogP contribution in [-0.4, -0.2) is 121 Å². The van der Waals surface area contributed by atoms with Gasteiger partial charge < -0.3 is 30.7 Å². The van der Waals surface area contributed by atoms with Crippen molar-refractivity contribution >= 4 is 31.3 Å². The number of aromatic amines is 1. The number of likely N-dealkylation sites (tertiary alicyclic amines) is 2. The van der Waals surface area contributed by atoms with Gasteiger partial charge in [0.05, 0.1) is 35.9 Å². The van der Waals surface area contributed by atoms with E-state index in [1.807, 2.05) is 21.8 Å². The van der Waals surface area contributed by atoms with Crippen molar-refractivity contribution in [3.8, 4) is 0 Å². The second-order valence-corrected chi connectivity index (χ2v) is 30.2. The minimum Gasteiger partial charge on any atom is -0.476 e. The molecular weight excluding hydrogens is 957 g/mol. The summed E-state index contributed by atoms with van der Waals surface area (Å²) >= 11 is 0. The number of rotatable bonds is 14. The second-order valence-electron chi connectivity index (χ2n) is 24.5. The summed E-state index contributed by atoms with van der Waals surface area (Å²) in [6, 6.07) is 22.8. The first-order valence-corrected chi connectivity index (χ1v) is 31.0. The first kappa shape index (κ1) is 55.4. The highest BCUT2D eigenvalue weighted by Gasteiger charge is 2.35. The van der Waals surface area contributed by atoms with E-state index in [4.69, 9.17) is 10.5 Å². The molecule has 2 unspecified atom stereocenters. The van der Waals surface area contributed by atoms with Gasteiger partial charge in [-0.05, 0) is 144 Å². The predicted molar refractivity (Wildman–Crippen MR) is 300 cm³/mol. The van der Waals surface area contributed by atoms with Gasteiger partial charge in [0.2, 0.25) is 0 Å². The molecule has 10 rings (SSSR count). The largest absolute Gasteiger partial charge is 0.476 e. The van der Waals surface area contributed by atoms with Gasteiger partial charge in [0.1, 0.15) is 6.73 Å². The van der Waals surface area contributed by atoms with Crippen LogP contribution in [-0.2, 0) is 37.2 Å². The van der Waals surface area contributed by atoms with E-state index < -0.39 is 14.0 Å². The zero-order valence-corrected chi connectivity index (χ0v) is 47.2. The molecule has 17 heteroatoms. The van der Waals surface area contributed by atoms with Gasteiger partial charge in [-0.2, -0.15) is 20.4 Å². The zero-order valence-electron chi connectivity index (χ0n) is 46.2. The number of nitrogens with one attached hydrogen (secondary N) is 2. The molecule has 1 amide bonds. The molecule has 2 saturated heterocycles. The Bertz CT molecular complexity index is 2790. The number of ether oxygens (including phenoxy) is 1. The number of benzene rings is 2. The topological polar surface area (TPSA) is 190 Å². The number of amides is 1. The highest BCUT2D eigenvalue weighted by molar-refractivity contribution is 6.76. The molecule has 2 aliphatic carbocycles. The average Bonchev–Trinajstić information content (AvgIpc) is 4.19. The maximum absolute atomic E-state index is 13.1. The van der Waals surface area contributed by atoms with Gasteiger partial charge in [-0.3, -0.25) is 19.3 Å². The molecular formula is C58H84N12O4Si. The number of carbonyl (C=O) groups excluding carboxylic acids is 1. The Labute approximate surface area is 445 Å². The van der Waals surface area contributed by atoms with Gasteiger partial charge in [-0.1, -0.05) is 108 Å². The Kier molecular flexibility index (Phi) is 17.7. The van der Waals surface area contributed by atoms with E-state index in [-0.39, 0.29) is 28.5 Å². The Balaban J connectivity index is 0.000000156. The number of hydrogen-bond donors (Lipinski definition) is 4. The fourth-order valence-corrected chi connectivity index (χ4v) is 12.1. The number of carbonyl (C=O) groups is 2. The first-order valence-electron chi connectivity index (χ1n) is 27.3. The van der Waals surface area contributed by atoms with Crippen LogP contribution in [0.1, 0.15) is 133 Å². The Morgan fingerprint density at radius 2 is 1.31 bits per heavy atom. The molecule has 2 atom stereocenters. The lowest BCUT2D eigenvalue weighted by molar-refractivity contribution is 0.0667. The van der Waals surface area contributed by atoms with Crippen molar-refractivity contribution < 1.29 is 19.4 Å². The van der Waals surface area contributed by atoms with Crippen molar-refractivity contribution in [2.24, 2.45) is 22.7 Å². The van der Waals surface area contributed by atoms with E-state index in [0.29, 0.717) is 36.0 Å². The van der Waals surface area contributed by atoms with Crippen molar-refractivity contribution in [1.29, 1.82) is 0 Å². The number of nitrogen functional groups attached to an aromatic ring is 1. The molecule has 4 aliphatic rings. The maximum Gasteiger partial charge on any atom is 0.356 e. The van der Waals surface area contributed by atoms with Crippen LogP contribution < -0.4 is 11.1 Å². The van der Waals surface area contributed by atoms with Crippen LogP contribution in [0.3, 0.4) is 0 Å². The third-order valence-corrected chi connectivity index (χ3v) is 17.6. The fourth-order valence-electron chi connectivity index (χ4n) is 11.4. The van der Waals surface area contributed by atoms with E-state index in [1.54, 1.807) is 17.1 Å². The summed E-state index contributed by atoms with van der Waals surface area (Å²) < 4.78 is 11.6. The van der Waals surface area contributed by atoms with E-state index in [1.165, 1.54) is 24.0 Å². The lowest BCUT2D eigenvalue weighted by Crippen LogP contribution is -2.34. The van der Waals surface area contributed by atoms with Crippen LogP contribution in [0.5, 0.6) is 0 Å². The summed E-state index contributed by atoms with van der Waals surface area (Å²) in [6.07, 6.45) is 17.6. The molecule has 0 spiro atoms. The molecule has 404 valence electrons. The van der Waals surface area contributed by atoms with Crippen LogP contribution in [0.25, 0.3) is 0 Å². The first-order chi connectivity index (χ1) is 35.7. The zero-order chi connectivity index (χ0) is 53.5. The number of aromatic carboxylic acids is 1. The second kappa shape index (κ2) is 24.0. The number of anilines is 2. The number of aromatic nitrogens is 8. The lowest BCUT2D eigenvalue weighted by atomic mass is 9.76. The molecule has 0 saturated carbocycles. The molecule has 4 aromatic heterocycles. The summed E-state index contributed by atoms with van der Waals surface area (Å²) in [5, 5.41) is 33.3. The quantitative estimate of drug-likeness (QED) is 0.0600. The number of nitrogens with zero attached hydrogens (tertiary/aromatic N) is 9. The minimum absolute atomic E-state index is 0.158. The van der Waals surface area contributed by atoms with E-state index in [2.05, 4.69) is 163 Å². The smallest absolute Gasteiger partial charge is 0.356 e. The summed E-state index contributed by atoms with van der Waals surface area (Å²) in [7, 11) is 3.27. The van der Waals surface area contributed by atoms with Crippen molar-refractivity contribution in [3.05, 3.63) is 130 Å². The van der Waals surface area contributed by atoms with Crippen LogP contribution >= 0.6 is 0 Å². The van der Waals surface area contributed by atoms with Crippen LogP contribution in [0.15, 0.2) is 85.5 Å². The van der Waals surface area contributed by atoms with Gasteiger partial charge >= 0.3 is 5.97 Å². The highest BCUT2D eigenvalue weighted by atomic mass is 28.3. The third kappa shape index (κ3) is 14.5. The molecule has 6 heterocycles. The Hall–Kier alpha value is -5.88. The van der Waals surface area contributed by atoms with Gasteiger partial charge in [0.15, 0.2) is 11.4 Å². The predicted octanol–water partition coefficient (Wildman–Crippen LogP) is 10.1. The monoisotopic (exact) mass is 1040 g/mol. The molecule has 6 aromatic rings. The fraction of sp³-hybridized carbons (Fsp3) is 0.552. The van der Waals surface area contributed by atoms with Gasteiger partial charge in [0.25, 0.3) is 5.91 Å². The van der Waals surface area contributed by atoms with E-state index in [0.717, 1.165) is 118 Å². The molecule has 2 fully saturated rings. The number of H-pyrrole nitrogens is 1. The Morgan fingerprint density at radius 3 is 1.84 bits per heavy atom. The van der Waals surface area contributed by atoms with Gasteiger partial charge in [-0.15, -0.1) is 0 Å². The number of nitrogens with two attached hydrogens (primary N) is 1. The molecule has 16 nitrogen and oxygen atoms in total. The average molecular weight is 1040 g/mol. The van der Waals surface area contributed by atoms with E-state index >= 15 is 0 Å². The summed E-state index contributed by atoms with van der Waals surface area (Å²) in [4.78, 5) is 29.2. The standard InChI is InChI=1S/C26H34N6O.C16H22N4.C16H28N2O3Si/c1-26(2)12-9-21-22(15-26)29-30-23(21)25(33)28-20-16-27-32(17-20)24(18-7-5-4-6-8-18)19-10-13-31(3)14-11-19;1-19-9-7-14(8-10-19)16(13-5-3-2-4-6-13)20-12-15(17)11-18-20;1-16(2)7-6-12-13(10-16)18(17-14(12)15(19)20)11-21-8-9-22(3,4)5/h4-8,16-17,19,24H,9-15H2,1-3H3,(H,28,33)(H,29,30);2-6,11-12,14,16H,7-10,17H2,1H3;6-11H2,1-5H3,(H,19,20). The number of piperidine rings is 2. The van der Waals surface area contributed by atoms with Crippen molar-refractivity contribution in [2.75, 3.05) is 57.9 Å². The third-order valence-electron chi connectivity index (χ3n) is 15.9. The highest BCUT2D eigenvalue weighted by Crippen LogP contribution is 2.39. The Morgan fingerprint density at radius 1 is 0.773 bits per heavy atom. The van der Waals surface area contributed by atoms with Crippen molar-refractivity contribution in [2.45, 2.75) is 136 Å². The number of fused-ring (bicyclic) bond motifs is 2. The molecule has 0 radical (unpaired) electrons. The van der Waals surface area contributed by atoms with Gasteiger partial charge in [0, 0.05) is 49.6 Å². The van der Waals surface area contributed by atoms with Crippen molar-refractivity contribution in [1.82, 2.24) is 49.3 Å². The number of carboxylic acids is 1. The lowest BCUT2D eigenvalue weighted by Gasteiger charge is -2.34. The van der Waals surface area contributed by atoms with Crippen LogP contribution in [0.2, 0.25) is 25.7 Å². The minimum atomic E-state index is -1.11. The SMILES string of the molecule is CC1(C)CCc2c(C(=O)O)nn(COCC[Si](C)(C)C)c2C1.CN1CCC(C(c2ccccc2)n2cc(N)cn2)CC1.CN1CCC(C(c2ccccc2)n2cc(NC(=O)c3n[nH]c4c3CCC(C)(C)C4)cn2)CC1. The van der Waals surface area contributed by atoms with Gasteiger partial charge in [-0.25, -0.2) is 9.48 Å².